The minimum absolute atomic E-state index is 0.461. The average Bonchev–Trinajstić information content (AvgIpc) is 2.87. The van der Waals surface area contributed by atoms with E-state index in [1.807, 2.05) is 0 Å². The molecule has 0 spiro atoms. The smallest absolute Gasteiger partial charge is 0.246 e. The maximum Gasteiger partial charge on any atom is 0.246 e. The molecule has 0 aliphatic carbocycles. The third-order valence-electron chi connectivity index (χ3n) is 2.15. The summed E-state index contributed by atoms with van der Waals surface area (Å²) in [6.07, 6.45) is -1.57. The third-order valence-corrected chi connectivity index (χ3v) is 2.15. The second-order valence-electron chi connectivity index (χ2n) is 3.14. The molecule has 2 N–H and O–H groups in total. The van der Waals surface area contributed by atoms with Gasteiger partial charge in [0.15, 0.2) is 12.5 Å². The van der Waals surface area contributed by atoms with Crippen LogP contribution in [0.25, 0.3) is 0 Å². The van der Waals surface area contributed by atoms with Gasteiger partial charge in [-0.3, -0.25) is 20.2 Å². The van der Waals surface area contributed by atoms with E-state index in [2.05, 4.69) is 10.6 Å². The summed E-state index contributed by atoms with van der Waals surface area (Å²) in [6.45, 7) is 2.12. The van der Waals surface area contributed by atoms with Crippen LogP contribution in [-0.2, 0) is 19.1 Å². The molecule has 14 heavy (non-hydrogen) atoms. The third kappa shape index (κ3) is 1.83. The Morgan fingerprint density at radius 3 is 1.64 bits per heavy atom. The molecule has 2 saturated heterocycles. The van der Waals surface area contributed by atoms with Crippen LogP contribution in [0.15, 0.2) is 0 Å². The van der Waals surface area contributed by atoms with E-state index in [-0.39, 0.29) is 0 Å². The number of carbonyl (C=O) groups excluding carboxylic acids is 2. The molecule has 78 valence electrons. The largest absolute Gasteiger partial charge is 0.354 e. The van der Waals surface area contributed by atoms with Gasteiger partial charge in [-0.25, -0.2) is 0 Å². The molecular formula is C8H12N2O4. The molecule has 2 heterocycles. The summed E-state index contributed by atoms with van der Waals surface area (Å²) in [7, 11) is 0. The molecule has 0 aromatic heterocycles. The molecular weight excluding hydrogens is 188 g/mol. The van der Waals surface area contributed by atoms with Crippen molar-refractivity contribution in [2.24, 2.45) is 0 Å². The van der Waals surface area contributed by atoms with Crippen molar-refractivity contribution in [2.75, 3.05) is 26.3 Å². The van der Waals surface area contributed by atoms with E-state index in [1.54, 1.807) is 0 Å². The van der Waals surface area contributed by atoms with Gasteiger partial charge in [-0.1, -0.05) is 0 Å². The second kappa shape index (κ2) is 4.14. The van der Waals surface area contributed by atoms with Gasteiger partial charge in [0.2, 0.25) is 11.6 Å². The highest BCUT2D eigenvalue weighted by Crippen LogP contribution is 2.03. The lowest BCUT2D eigenvalue weighted by atomic mass is 10.2. The van der Waals surface area contributed by atoms with Crippen LogP contribution in [0.1, 0.15) is 0 Å². The molecule has 2 aliphatic rings. The van der Waals surface area contributed by atoms with Crippen molar-refractivity contribution in [1.82, 2.24) is 10.6 Å². The van der Waals surface area contributed by atoms with Crippen molar-refractivity contribution < 1.29 is 19.1 Å². The summed E-state index contributed by atoms with van der Waals surface area (Å²) in [5, 5.41) is 5.57. The summed E-state index contributed by atoms with van der Waals surface area (Å²) >= 11 is 0. The normalized spacial score (nSPS) is 32.0. The van der Waals surface area contributed by atoms with Gasteiger partial charge in [0, 0.05) is 13.1 Å². The van der Waals surface area contributed by atoms with Gasteiger partial charge < -0.3 is 9.47 Å². The molecule has 6 nitrogen and oxygen atoms in total. The van der Waals surface area contributed by atoms with Crippen molar-refractivity contribution in [3.8, 4) is 0 Å². The fourth-order valence-electron chi connectivity index (χ4n) is 1.45. The van der Waals surface area contributed by atoms with E-state index in [0.29, 0.717) is 26.3 Å². The van der Waals surface area contributed by atoms with E-state index in [0.717, 1.165) is 0 Å². The van der Waals surface area contributed by atoms with Gasteiger partial charge >= 0.3 is 0 Å². The topological polar surface area (TPSA) is 76.7 Å². The summed E-state index contributed by atoms with van der Waals surface area (Å²) in [6, 6.07) is 0. The van der Waals surface area contributed by atoms with Crippen molar-refractivity contribution in [2.45, 2.75) is 12.5 Å². The van der Waals surface area contributed by atoms with Crippen molar-refractivity contribution in [3.05, 3.63) is 0 Å². The zero-order valence-corrected chi connectivity index (χ0v) is 7.62. The van der Waals surface area contributed by atoms with Gasteiger partial charge in [0.05, 0.1) is 13.2 Å². The predicted molar refractivity (Wildman–Crippen MR) is 45.5 cm³/mol. The van der Waals surface area contributed by atoms with Crippen LogP contribution in [0.3, 0.4) is 0 Å². The maximum atomic E-state index is 11.5. The molecule has 2 atom stereocenters. The Labute approximate surface area is 80.9 Å². The molecule has 0 aromatic carbocycles. The van der Waals surface area contributed by atoms with Crippen LogP contribution in [0, 0.1) is 0 Å². The number of rotatable bonds is 3. The number of hydrogen-bond acceptors (Lipinski definition) is 6. The van der Waals surface area contributed by atoms with Crippen molar-refractivity contribution in [3.63, 3.8) is 0 Å². The van der Waals surface area contributed by atoms with Crippen LogP contribution in [0.2, 0.25) is 0 Å². The first-order valence-electron chi connectivity index (χ1n) is 4.57. The highest BCUT2D eigenvalue weighted by atomic mass is 16.5. The molecule has 0 aromatic rings. The Kier molecular flexibility index (Phi) is 2.87. The van der Waals surface area contributed by atoms with Crippen LogP contribution >= 0.6 is 0 Å². The molecule has 0 saturated carbocycles. The molecule has 2 aliphatic heterocycles. The summed E-state index contributed by atoms with van der Waals surface area (Å²) < 4.78 is 10.1. The van der Waals surface area contributed by atoms with Gasteiger partial charge in [0.1, 0.15) is 0 Å². The monoisotopic (exact) mass is 200 g/mol. The summed E-state index contributed by atoms with van der Waals surface area (Å²) in [5.41, 5.74) is 0. The Balaban J connectivity index is 1.92. The van der Waals surface area contributed by atoms with Crippen molar-refractivity contribution >= 4 is 11.6 Å². The molecule has 0 bridgehead atoms. The van der Waals surface area contributed by atoms with Crippen LogP contribution in [0.5, 0.6) is 0 Å². The SMILES string of the molecule is O=C(C(=O)C1NCCO1)C1NCCO1. The van der Waals surface area contributed by atoms with E-state index in [1.165, 1.54) is 0 Å². The molecule has 2 fully saturated rings. The average molecular weight is 200 g/mol. The quantitative estimate of drug-likeness (QED) is 0.514. The van der Waals surface area contributed by atoms with E-state index < -0.39 is 24.0 Å². The fraction of sp³-hybridized carbons (Fsp3) is 0.750. The zero-order chi connectivity index (χ0) is 9.97. The van der Waals surface area contributed by atoms with E-state index >= 15 is 0 Å². The van der Waals surface area contributed by atoms with E-state index in [4.69, 9.17) is 9.47 Å². The van der Waals surface area contributed by atoms with Crippen LogP contribution in [0.4, 0.5) is 0 Å². The first kappa shape index (κ1) is 9.72. The molecule has 6 heteroatoms. The van der Waals surface area contributed by atoms with E-state index in [9.17, 15) is 9.59 Å². The second-order valence-corrected chi connectivity index (χ2v) is 3.14. The lowest BCUT2D eigenvalue weighted by Crippen LogP contribution is -2.45. The highest BCUT2D eigenvalue weighted by Gasteiger charge is 2.35. The standard InChI is InChI=1S/C8H12N2O4/c11-5(7-9-1-3-13-7)6(12)8-10-2-4-14-8/h7-10H,1-4H2. The first-order valence-corrected chi connectivity index (χ1v) is 4.57. The minimum atomic E-state index is -0.784. The molecule has 2 rings (SSSR count). The number of ketones is 2. The van der Waals surface area contributed by atoms with Gasteiger partial charge in [-0.15, -0.1) is 0 Å². The number of ether oxygens (including phenoxy) is 2. The number of Topliss-reactive ketones (excluding diaryl/α,β-unsaturated/α-hetero) is 2. The highest BCUT2D eigenvalue weighted by molar-refractivity contribution is 6.40. The Bertz CT molecular complexity index is 218. The Morgan fingerprint density at radius 1 is 0.929 bits per heavy atom. The number of carbonyl (C=O) groups is 2. The van der Waals surface area contributed by atoms with Crippen LogP contribution < -0.4 is 10.6 Å². The minimum Gasteiger partial charge on any atom is -0.354 e. The van der Waals surface area contributed by atoms with Crippen molar-refractivity contribution in [1.29, 1.82) is 0 Å². The maximum absolute atomic E-state index is 11.5. The molecule has 0 amide bonds. The number of nitrogens with one attached hydrogen (secondary N) is 2. The Hall–Kier alpha value is -0.820. The first-order chi connectivity index (χ1) is 6.79. The van der Waals surface area contributed by atoms with Gasteiger partial charge in [-0.2, -0.15) is 0 Å². The van der Waals surface area contributed by atoms with Gasteiger partial charge in [-0.05, 0) is 0 Å². The molecule has 2 unspecified atom stereocenters. The molecule has 0 radical (unpaired) electrons. The summed E-state index contributed by atoms with van der Waals surface area (Å²) in [4.78, 5) is 23.0. The lowest BCUT2D eigenvalue weighted by molar-refractivity contribution is -0.148. The fourth-order valence-corrected chi connectivity index (χ4v) is 1.45. The van der Waals surface area contributed by atoms with Gasteiger partial charge in [0.25, 0.3) is 0 Å². The number of hydrogen-bond donors (Lipinski definition) is 2. The summed E-state index contributed by atoms with van der Waals surface area (Å²) in [5.74, 6) is -1.14. The van der Waals surface area contributed by atoms with Crippen LogP contribution in [-0.4, -0.2) is 50.3 Å². The zero-order valence-electron chi connectivity index (χ0n) is 7.62. The predicted octanol–water partition coefficient (Wildman–Crippen LogP) is -1.98. The lowest BCUT2D eigenvalue weighted by Gasteiger charge is -2.11. The Morgan fingerprint density at radius 2 is 1.36 bits per heavy atom.